The molecule has 1 fully saturated rings. The van der Waals surface area contributed by atoms with E-state index in [1.54, 1.807) is 6.08 Å². The van der Waals surface area contributed by atoms with Crippen molar-refractivity contribution in [2.75, 3.05) is 6.61 Å². The number of hydrogen-bond acceptors (Lipinski definition) is 4. The van der Waals surface area contributed by atoms with Crippen molar-refractivity contribution < 1.29 is 14.0 Å². The standard InChI is InChI=1S/C13H22BNO3/c1-8-10(11(15-7)16-9-2)14-17-12(3,4)13(5,6)18-14/h8H,1,7,9H2,2-6H3/b11-10-. The van der Waals surface area contributed by atoms with Gasteiger partial charge < -0.3 is 14.0 Å². The minimum absolute atomic E-state index is 0.398. The Hall–Kier alpha value is -1.07. The van der Waals surface area contributed by atoms with Crippen molar-refractivity contribution in [2.45, 2.75) is 45.8 Å². The number of rotatable bonds is 5. The predicted octanol–water partition coefficient (Wildman–Crippen LogP) is 2.75. The monoisotopic (exact) mass is 251 g/mol. The third-order valence-corrected chi connectivity index (χ3v) is 3.40. The van der Waals surface area contributed by atoms with E-state index in [1.165, 1.54) is 0 Å². The summed E-state index contributed by atoms with van der Waals surface area (Å²) >= 11 is 0. The van der Waals surface area contributed by atoms with Gasteiger partial charge in [0, 0.05) is 5.47 Å². The fourth-order valence-corrected chi connectivity index (χ4v) is 1.61. The summed E-state index contributed by atoms with van der Waals surface area (Å²) in [6, 6.07) is 0. The molecule has 1 saturated heterocycles. The lowest BCUT2D eigenvalue weighted by Crippen LogP contribution is -2.41. The Bertz CT molecular complexity index is 358. The van der Waals surface area contributed by atoms with E-state index in [0.717, 1.165) is 0 Å². The zero-order valence-electron chi connectivity index (χ0n) is 11.9. The topological polar surface area (TPSA) is 40.0 Å². The van der Waals surface area contributed by atoms with Gasteiger partial charge >= 0.3 is 7.12 Å². The van der Waals surface area contributed by atoms with E-state index < -0.39 is 18.3 Å². The molecule has 1 aliphatic heterocycles. The first-order chi connectivity index (χ1) is 8.29. The second kappa shape index (κ2) is 5.28. The van der Waals surface area contributed by atoms with Crippen LogP contribution in [0.2, 0.25) is 0 Å². The molecular formula is C13H22BNO3. The molecule has 0 aromatic rings. The zero-order valence-corrected chi connectivity index (χ0v) is 11.9. The highest BCUT2D eigenvalue weighted by Gasteiger charge is 2.52. The van der Waals surface area contributed by atoms with Crippen molar-refractivity contribution >= 4 is 13.8 Å². The highest BCUT2D eigenvalue weighted by molar-refractivity contribution is 6.55. The summed E-state index contributed by atoms with van der Waals surface area (Å²) < 4.78 is 17.3. The Morgan fingerprint density at radius 3 is 2.11 bits per heavy atom. The van der Waals surface area contributed by atoms with Crippen LogP contribution in [0.15, 0.2) is 29.0 Å². The van der Waals surface area contributed by atoms with Gasteiger partial charge in [0.2, 0.25) is 5.88 Å². The molecule has 0 aliphatic carbocycles. The van der Waals surface area contributed by atoms with E-state index >= 15 is 0 Å². The number of nitrogens with zero attached hydrogens (tertiary/aromatic N) is 1. The predicted molar refractivity (Wildman–Crippen MR) is 74.5 cm³/mol. The molecule has 0 N–H and O–H groups in total. The van der Waals surface area contributed by atoms with Crippen LogP contribution in [-0.2, 0) is 14.0 Å². The van der Waals surface area contributed by atoms with Crippen molar-refractivity contribution in [3.8, 4) is 0 Å². The quantitative estimate of drug-likeness (QED) is 0.326. The summed E-state index contributed by atoms with van der Waals surface area (Å²) in [5.74, 6) is 0.408. The van der Waals surface area contributed by atoms with Crippen LogP contribution < -0.4 is 0 Å². The highest BCUT2D eigenvalue weighted by atomic mass is 16.7. The van der Waals surface area contributed by atoms with Crippen LogP contribution in [0.25, 0.3) is 0 Å². The molecule has 0 amide bonds. The Balaban J connectivity index is 3.07. The number of aliphatic imine (C=N–C) groups is 1. The minimum atomic E-state index is -0.528. The molecular weight excluding hydrogens is 229 g/mol. The van der Waals surface area contributed by atoms with E-state index in [9.17, 15) is 0 Å². The third kappa shape index (κ3) is 2.67. The van der Waals surface area contributed by atoms with Crippen LogP contribution in [-0.4, -0.2) is 31.6 Å². The van der Waals surface area contributed by atoms with Crippen molar-refractivity contribution in [3.63, 3.8) is 0 Å². The van der Waals surface area contributed by atoms with Crippen LogP contribution in [0.5, 0.6) is 0 Å². The average molecular weight is 251 g/mol. The van der Waals surface area contributed by atoms with Gasteiger partial charge in [0.25, 0.3) is 0 Å². The van der Waals surface area contributed by atoms with Gasteiger partial charge in [-0.05, 0) is 41.3 Å². The summed E-state index contributed by atoms with van der Waals surface area (Å²) in [4.78, 5) is 3.87. The minimum Gasteiger partial charge on any atom is -0.478 e. The summed E-state index contributed by atoms with van der Waals surface area (Å²) in [7, 11) is -0.528. The maximum Gasteiger partial charge on any atom is 0.500 e. The van der Waals surface area contributed by atoms with E-state index in [1.807, 2.05) is 34.6 Å². The van der Waals surface area contributed by atoms with Gasteiger partial charge in [-0.3, -0.25) is 0 Å². The first-order valence-corrected chi connectivity index (χ1v) is 6.10. The molecule has 1 heterocycles. The van der Waals surface area contributed by atoms with Crippen molar-refractivity contribution in [1.82, 2.24) is 0 Å². The van der Waals surface area contributed by atoms with Crippen molar-refractivity contribution in [2.24, 2.45) is 4.99 Å². The lowest BCUT2D eigenvalue weighted by Gasteiger charge is -2.32. The van der Waals surface area contributed by atoms with Gasteiger partial charge in [-0.15, -0.1) is 0 Å². The third-order valence-electron chi connectivity index (χ3n) is 3.40. The summed E-state index contributed by atoms with van der Waals surface area (Å²) in [5, 5.41) is 0. The van der Waals surface area contributed by atoms with E-state index in [-0.39, 0.29) is 0 Å². The van der Waals surface area contributed by atoms with Crippen molar-refractivity contribution in [1.29, 1.82) is 0 Å². The number of allylic oxidation sites excluding steroid dienone is 2. The van der Waals surface area contributed by atoms with E-state index in [0.29, 0.717) is 18.0 Å². The largest absolute Gasteiger partial charge is 0.500 e. The first-order valence-electron chi connectivity index (χ1n) is 6.10. The van der Waals surface area contributed by atoms with Gasteiger partial charge in [0.15, 0.2) is 0 Å². The Kier molecular flexibility index (Phi) is 4.40. The lowest BCUT2D eigenvalue weighted by molar-refractivity contribution is 0.00578. The van der Waals surface area contributed by atoms with Crippen LogP contribution in [0, 0.1) is 0 Å². The molecule has 1 rings (SSSR count). The molecule has 1 aliphatic rings. The summed E-state index contributed by atoms with van der Waals surface area (Å²) in [6.45, 7) is 17.6. The molecule has 0 saturated carbocycles. The molecule has 0 unspecified atom stereocenters. The molecule has 100 valence electrons. The highest BCUT2D eigenvalue weighted by Crippen LogP contribution is 2.39. The van der Waals surface area contributed by atoms with Gasteiger partial charge in [-0.25, -0.2) is 4.99 Å². The molecule has 0 spiro atoms. The molecule has 0 radical (unpaired) electrons. The summed E-state index contributed by atoms with van der Waals surface area (Å²) in [6.07, 6.45) is 1.64. The van der Waals surface area contributed by atoms with Gasteiger partial charge in [-0.2, -0.15) is 0 Å². The van der Waals surface area contributed by atoms with Gasteiger partial charge in [0.05, 0.1) is 17.8 Å². The number of hydrogen-bond donors (Lipinski definition) is 0. The van der Waals surface area contributed by atoms with Crippen LogP contribution >= 0.6 is 0 Å². The molecule has 18 heavy (non-hydrogen) atoms. The molecule has 0 atom stereocenters. The molecule has 0 aromatic heterocycles. The molecule has 5 heteroatoms. The zero-order chi connectivity index (χ0) is 14.0. The normalized spacial score (nSPS) is 22.4. The molecule has 4 nitrogen and oxygen atoms in total. The Labute approximate surface area is 110 Å². The van der Waals surface area contributed by atoms with Crippen LogP contribution in [0.4, 0.5) is 0 Å². The Morgan fingerprint density at radius 2 is 1.78 bits per heavy atom. The molecule has 0 aromatic carbocycles. The van der Waals surface area contributed by atoms with Crippen LogP contribution in [0.1, 0.15) is 34.6 Å². The molecule has 0 bridgehead atoms. The second-order valence-corrected chi connectivity index (χ2v) is 5.14. The summed E-state index contributed by atoms with van der Waals surface area (Å²) in [5.41, 5.74) is -0.125. The number of ether oxygens (including phenoxy) is 1. The van der Waals surface area contributed by atoms with E-state index in [4.69, 9.17) is 14.0 Å². The maximum absolute atomic E-state index is 5.93. The smallest absolute Gasteiger partial charge is 0.478 e. The Morgan fingerprint density at radius 1 is 1.28 bits per heavy atom. The van der Waals surface area contributed by atoms with Crippen LogP contribution in [0.3, 0.4) is 0 Å². The SMILES string of the molecule is C=C/C(B1OC(C)(C)C(C)(C)O1)=C(\N=C)OCC. The van der Waals surface area contributed by atoms with Gasteiger partial charge in [0.1, 0.15) is 0 Å². The van der Waals surface area contributed by atoms with E-state index in [2.05, 4.69) is 18.3 Å². The fraction of sp³-hybridized carbons (Fsp3) is 0.615. The van der Waals surface area contributed by atoms with Gasteiger partial charge in [-0.1, -0.05) is 12.7 Å². The second-order valence-electron chi connectivity index (χ2n) is 5.14. The maximum atomic E-state index is 5.93. The fourth-order valence-electron chi connectivity index (χ4n) is 1.61. The first kappa shape index (κ1) is 15.0. The van der Waals surface area contributed by atoms with Crippen molar-refractivity contribution in [3.05, 3.63) is 24.0 Å². The average Bonchev–Trinajstić information content (AvgIpc) is 2.47. The lowest BCUT2D eigenvalue weighted by atomic mass is 9.78.